The summed E-state index contributed by atoms with van der Waals surface area (Å²) in [7, 11) is -2.48. The number of rotatable bonds is 5. The first-order chi connectivity index (χ1) is 9.20. The maximum Gasteiger partial charge on any atom is 0.238 e. The highest BCUT2D eigenvalue weighted by molar-refractivity contribution is 7.92. The third kappa shape index (κ3) is 3.41. The van der Waals surface area contributed by atoms with Crippen molar-refractivity contribution in [1.82, 2.24) is 5.32 Å². The molecule has 0 aliphatic heterocycles. The highest BCUT2D eigenvalue weighted by Gasteiger charge is 2.32. The number of hydrogen-bond acceptors (Lipinski definition) is 5. The highest BCUT2D eigenvalue weighted by atomic mass is 32.2. The third-order valence-electron chi connectivity index (χ3n) is 2.76. The van der Waals surface area contributed by atoms with E-state index in [2.05, 4.69) is 5.32 Å². The van der Waals surface area contributed by atoms with E-state index < -0.39 is 21.0 Å². The Morgan fingerprint density at radius 2 is 1.90 bits per heavy atom. The van der Waals surface area contributed by atoms with Crippen molar-refractivity contribution in [2.75, 3.05) is 12.8 Å². The first-order valence-corrected chi connectivity index (χ1v) is 7.72. The van der Waals surface area contributed by atoms with Crippen LogP contribution in [0.3, 0.4) is 0 Å². The number of sulfone groups is 1. The van der Waals surface area contributed by atoms with Crippen LogP contribution in [0.1, 0.15) is 20.8 Å². The summed E-state index contributed by atoms with van der Waals surface area (Å²) < 4.78 is 30.0. The zero-order chi connectivity index (χ0) is 15.5. The van der Waals surface area contributed by atoms with Crippen molar-refractivity contribution in [2.24, 2.45) is 0 Å². The van der Waals surface area contributed by atoms with E-state index in [-0.39, 0.29) is 16.7 Å². The Morgan fingerprint density at radius 1 is 1.30 bits per heavy atom. The number of hydrogen-bond donors (Lipinski definition) is 2. The molecule has 20 heavy (non-hydrogen) atoms. The van der Waals surface area contributed by atoms with E-state index in [9.17, 15) is 13.2 Å². The van der Waals surface area contributed by atoms with E-state index in [4.69, 9.17) is 10.5 Å². The largest absolute Gasteiger partial charge is 0.495 e. The van der Waals surface area contributed by atoms with Crippen molar-refractivity contribution in [3.63, 3.8) is 0 Å². The van der Waals surface area contributed by atoms with Crippen molar-refractivity contribution in [1.29, 1.82) is 0 Å². The number of carbonyl (C=O) groups excluding carboxylic acids is 1. The average molecular weight is 300 g/mol. The summed E-state index contributed by atoms with van der Waals surface area (Å²) in [4.78, 5) is 11.8. The molecule has 1 atom stereocenters. The lowest BCUT2D eigenvalue weighted by atomic mass is 10.3. The quantitative estimate of drug-likeness (QED) is 0.789. The molecule has 1 aromatic rings. The van der Waals surface area contributed by atoms with Gasteiger partial charge in [0.1, 0.15) is 15.9 Å². The zero-order valence-corrected chi connectivity index (χ0v) is 12.8. The Morgan fingerprint density at radius 3 is 2.40 bits per heavy atom. The van der Waals surface area contributed by atoms with Crippen LogP contribution in [0.2, 0.25) is 0 Å². The Hall–Kier alpha value is -1.76. The van der Waals surface area contributed by atoms with E-state index in [1.807, 2.05) is 0 Å². The lowest BCUT2D eigenvalue weighted by Gasteiger charge is -2.17. The van der Waals surface area contributed by atoms with Gasteiger partial charge in [-0.3, -0.25) is 4.79 Å². The zero-order valence-electron chi connectivity index (χ0n) is 12.0. The molecule has 7 heteroatoms. The third-order valence-corrected chi connectivity index (χ3v) is 4.86. The standard InChI is InChI=1S/C13H20N2O4S/c1-8(2)15-13(16)9(3)20(17,18)12-6-5-10(14)7-11(12)19-4/h5-9H,14H2,1-4H3,(H,15,16). The summed E-state index contributed by atoms with van der Waals surface area (Å²) in [5.41, 5.74) is 5.98. The Kier molecular flexibility index (Phi) is 4.99. The van der Waals surface area contributed by atoms with Gasteiger partial charge in [0.05, 0.1) is 7.11 Å². The molecular formula is C13H20N2O4S. The second-order valence-electron chi connectivity index (χ2n) is 4.76. The Bertz CT molecular complexity index is 596. The molecule has 0 fully saturated rings. The summed E-state index contributed by atoms with van der Waals surface area (Å²) in [5.74, 6) is -0.409. The number of nitrogen functional groups attached to an aromatic ring is 1. The minimum atomic E-state index is -3.84. The summed E-state index contributed by atoms with van der Waals surface area (Å²) in [5, 5.41) is 1.38. The van der Waals surface area contributed by atoms with E-state index in [1.54, 1.807) is 13.8 Å². The van der Waals surface area contributed by atoms with Crippen LogP contribution in [0.25, 0.3) is 0 Å². The van der Waals surface area contributed by atoms with Crippen molar-refractivity contribution in [3.8, 4) is 5.75 Å². The number of nitrogens with two attached hydrogens (primary N) is 1. The minimum Gasteiger partial charge on any atom is -0.495 e. The van der Waals surface area contributed by atoms with E-state index in [1.165, 1.54) is 32.2 Å². The molecule has 6 nitrogen and oxygen atoms in total. The molecule has 112 valence electrons. The van der Waals surface area contributed by atoms with Gasteiger partial charge in [-0.2, -0.15) is 0 Å². The minimum absolute atomic E-state index is 0.0411. The molecule has 0 spiro atoms. The predicted molar refractivity (Wildman–Crippen MR) is 77.3 cm³/mol. The Balaban J connectivity index is 3.20. The van der Waals surface area contributed by atoms with E-state index >= 15 is 0 Å². The van der Waals surface area contributed by atoms with Gasteiger partial charge in [-0.25, -0.2) is 8.42 Å². The maximum absolute atomic E-state index is 12.5. The molecule has 0 aliphatic carbocycles. The van der Waals surface area contributed by atoms with Gasteiger partial charge in [-0.15, -0.1) is 0 Å². The van der Waals surface area contributed by atoms with Gasteiger partial charge < -0.3 is 15.8 Å². The van der Waals surface area contributed by atoms with Crippen LogP contribution in [0.5, 0.6) is 5.75 Å². The summed E-state index contributed by atoms with van der Waals surface area (Å²) in [6.07, 6.45) is 0. The van der Waals surface area contributed by atoms with Crippen LogP contribution in [-0.2, 0) is 14.6 Å². The molecule has 3 N–H and O–H groups in total. The fourth-order valence-electron chi connectivity index (χ4n) is 1.65. The summed E-state index contributed by atoms with van der Waals surface area (Å²) in [6, 6.07) is 4.10. The normalized spacial score (nSPS) is 13.1. The van der Waals surface area contributed by atoms with Crippen molar-refractivity contribution in [2.45, 2.75) is 37.0 Å². The van der Waals surface area contributed by atoms with Gasteiger partial charge in [0, 0.05) is 17.8 Å². The van der Waals surface area contributed by atoms with Crippen molar-refractivity contribution >= 4 is 21.4 Å². The van der Waals surface area contributed by atoms with Crippen molar-refractivity contribution < 1.29 is 17.9 Å². The molecule has 0 saturated heterocycles. The Labute approximate surface area is 119 Å². The van der Waals surface area contributed by atoms with Gasteiger partial charge >= 0.3 is 0 Å². The molecule has 0 aromatic heterocycles. The fourth-order valence-corrected chi connectivity index (χ4v) is 3.06. The molecule has 0 aliphatic rings. The monoisotopic (exact) mass is 300 g/mol. The first-order valence-electron chi connectivity index (χ1n) is 6.18. The number of amides is 1. The second-order valence-corrected chi connectivity index (χ2v) is 7.00. The highest BCUT2D eigenvalue weighted by Crippen LogP contribution is 2.29. The van der Waals surface area contributed by atoms with Gasteiger partial charge in [0.15, 0.2) is 9.84 Å². The summed E-state index contributed by atoms with van der Waals surface area (Å²) >= 11 is 0. The van der Waals surface area contributed by atoms with E-state index in [0.717, 1.165) is 0 Å². The number of benzene rings is 1. The van der Waals surface area contributed by atoms with Gasteiger partial charge in [-0.05, 0) is 32.9 Å². The SMILES string of the molecule is COc1cc(N)ccc1S(=O)(=O)C(C)C(=O)NC(C)C. The van der Waals surface area contributed by atoms with Crippen LogP contribution >= 0.6 is 0 Å². The average Bonchev–Trinajstić information content (AvgIpc) is 2.36. The van der Waals surface area contributed by atoms with Crippen LogP contribution in [0.4, 0.5) is 5.69 Å². The number of ether oxygens (including phenoxy) is 1. The molecule has 1 rings (SSSR count). The van der Waals surface area contributed by atoms with E-state index in [0.29, 0.717) is 5.69 Å². The fraction of sp³-hybridized carbons (Fsp3) is 0.462. The molecule has 1 amide bonds. The molecule has 0 bridgehead atoms. The second kappa shape index (κ2) is 6.13. The molecular weight excluding hydrogens is 280 g/mol. The van der Waals surface area contributed by atoms with Gasteiger partial charge in [-0.1, -0.05) is 0 Å². The molecule has 1 aromatic carbocycles. The molecule has 0 radical (unpaired) electrons. The summed E-state index contributed by atoms with van der Waals surface area (Å²) in [6.45, 7) is 4.88. The lowest BCUT2D eigenvalue weighted by molar-refractivity contribution is -0.120. The maximum atomic E-state index is 12.5. The van der Waals surface area contributed by atoms with Gasteiger partial charge in [0.2, 0.25) is 5.91 Å². The topological polar surface area (TPSA) is 98.5 Å². The number of anilines is 1. The van der Waals surface area contributed by atoms with Crippen molar-refractivity contribution in [3.05, 3.63) is 18.2 Å². The molecule has 0 saturated carbocycles. The van der Waals surface area contributed by atoms with Gasteiger partial charge in [0.25, 0.3) is 0 Å². The molecule has 1 unspecified atom stereocenters. The van der Waals surface area contributed by atoms with Crippen LogP contribution in [0, 0.1) is 0 Å². The number of nitrogens with one attached hydrogen (secondary N) is 1. The molecule has 0 heterocycles. The predicted octanol–water partition coefficient (Wildman–Crippen LogP) is 0.964. The smallest absolute Gasteiger partial charge is 0.238 e. The van der Waals surface area contributed by atoms with Crippen LogP contribution in [-0.4, -0.2) is 32.7 Å². The number of carbonyl (C=O) groups is 1. The number of methoxy groups -OCH3 is 1. The van der Waals surface area contributed by atoms with Crippen LogP contribution in [0.15, 0.2) is 23.1 Å². The lowest BCUT2D eigenvalue weighted by Crippen LogP contribution is -2.41. The first kappa shape index (κ1) is 16.3. The van der Waals surface area contributed by atoms with Crippen LogP contribution < -0.4 is 15.8 Å².